The van der Waals surface area contributed by atoms with Gasteiger partial charge in [0.1, 0.15) is 6.67 Å². The van der Waals surface area contributed by atoms with Crippen molar-refractivity contribution in [2.24, 2.45) is 5.73 Å². The Morgan fingerprint density at radius 3 is 2.53 bits per heavy atom. The van der Waals surface area contributed by atoms with Crippen molar-refractivity contribution in [2.45, 2.75) is 13.2 Å². The fourth-order valence-corrected chi connectivity index (χ4v) is 1.20. The first-order valence-corrected chi connectivity index (χ1v) is 4.51. The molecule has 0 atom stereocenters. The highest BCUT2D eigenvalue weighted by molar-refractivity contribution is 5.54. The van der Waals surface area contributed by atoms with Gasteiger partial charge in [0.15, 0.2) is 0 Å². The van der Waals surface area contributed by atoms with Gasteiger partial charge >= 0.3 is 0 Å². The molecule has 15 heavy (non-hydrogen) atoms. The molecule has 1 aromatic heterocycles. The average molecular weight is 207 g/mol. The molecule has 0 amide bonds. The maximum Gasteiger partial charge on any atom is 0.240 e. The Kier molecular flexibility index (Phi) is 2.73. The first-order chi connectivity index (χ1) is 7.33. The number of hydrogen-bond acceptors (Lipinski definition) is 4. The van der Waals surface area contributed by atoms with Crippen LogP contribution in [0.15, 0.2) is 28.8 Å². The maximum absolute atomic E-state index is 12.3. The van der Waals surface area contributed by atoms with Gasteiger partial charge in [-0.2, -0.15) is 4.98 Å². The third-order valence-corrected chi connectivity index (χ3v) is 2.01. The van der Waals surface area contributed by atoms with Crippen LogP contribution in [0, 0.1) is 0 Å². The Labute approximate surface area is 85.9 Å². The van der Waals surface area contributed by atoms with E-state index >= 15 is 0 Å². The highest BCUT2D eigenvalue weighted by atomic mass is 19.1. The van der Waals surface area contributed by atoms with Crippen LogP contribution in [0.5, 0.6) is 0 Å². The minimum absolute atomic E-state index is 0.218. The number of aromatic nitrogens is 2. The number of alkyl halides is 1. The van der Waals surface area contributed by atoms with E-state index in [4.69, 9.17) is 10.3 Å². The molecule has 0 unspecified atom stereocenters. The second kappa shape index (κ2) is 4.18. The summed E-state index contributed by atoms with van der Waals surface area (Å²) >= 11 is 0. The minimum Gasteiger partial charge on any atom is -0.338 e. The fraction of sp³-hybridized carbons (Fsp3) is 0.200. The van der Waals surface area contributed by atoms with Gasteiger partial charge in [-0.3, -0.25) is 0 Å². The molecule has 0 saturated carbocycles. The molecule has 5 heteroatoms. The molecule has 0 fully saturated rings. The molecule has 1 heterocycles. The summed E-state index contributed by atoms with van der Waals surface area (Å²) < 4.78 is 17.1. The molecule has 0 radical (unpaired) electrons. The van der Waals surface area contributed by atoms with Crippen molar-refractivity contribution in [3.63, 3.8) is 0 Å². The van der Waals surface area contributed by atoms with Crippen molar-refractivity contribution >= 4 is 0 Å². The molecular formula is C10H10FN3O. The lowest BCUT2D eigenvalue weighted by Crippen LogP contribution is -1.95. The molecule has 0 spiro atoms. The van der Waals surface area contributed by atoms with E-state index in [1.54, 1.807) is 24.3 Å². The van der Waals surface area contributed by atoms with E-state index < -0.39 is 6.67 Å². The largest absolute Gasteiger partial charge is 0.338 e. The first kappa shape index (κ1) is 9.79. The number of rotatable bonds is 3. The number of nitrogens with two attached hydrogens (primary N) is 1. The molecule has 2 aromatic rings. The van der Waals surface area contributed by atoms with Crippen molar-refractivity contribution in [1.82, 2.24) is 10.1 Å². The number of benzene rings is 1. The van der Waals surface area contributed by atoms with Crippen LogP contribution < -0.4 is 5.73 Å². The van der Waals surface area contributed by atoms with Crippen molar-refractivity contribution in [1.29, 1.82) is 0 Å². The molecule has 1 aromatic carbocycles. The topological polar surface area (TPSA) is 64.9 Å². The molecule has 2 N–H and O–H groups in total. The van der Waals surface area contributed by atoms with Crippen molar-refractivity contribution in [2.75, 3.05) is 0 Å². The van der Waals surface area contributed by atoms with E-state index in [0.29, 0.717) is 17.3 Å². The molecular weight excluding hydrogens is 197 g/mol. The zero-order valence-corrected chi connectivity index (χ0v) is 7.98. The molecule has 78 valence electrons. The first-order valence-electron chi connectivity index (χ1n) is 4.51. The fourth-order valence-electron chi connectivity index (χ4n) is 1.20. The van der Waals surface area contributed by atoms with Crippen LogP contribution >= 0.6 is 0 Å². The van der Waals surface area contributed by atoms with Crippen LogP contribution in [0.1, 0.15) is 11.5 Å². The van der Waals surface area contributed by atoms with Crippen LogP contribution in [-0.2, 0) is 13.2 Å². The van der Waals surface area contributed by atoms with Crippen molar-refractivity contribution in [3.8, 4) is 11.4 Å². The van der Waals surface area contributed by atoms with Crippen molar-refractivity contribution in [3.05, 3.63) is 35.7 Å². The van der Waals surface area contributed by atoms with E-state index in [9.17, 15) is 4.39 Å². The third kappa shape index (κ3) is 2.02. The molecule has 0 aliphatic rings. The second-order valence-electron chi connectivity index (χ2n) is 3.05. The molecule has 0 aliphatic heterocycles. The van der Waals surface area contributed by atoms with E-state index in [1.807, 2.05) is 0 Å². The predicted octanol–water partition coefficient (Wildman–Crippen LogP) is 1.66. The lowest BCUT2D eigenvalue weighted by Gasteiger charge is -1.95. The monoisotopic (exact) mass is 207 g/mol. The molecule has 0 bridgehead atoms. The lowest BCUT2D eigenvalue weighted by molar-refractivity contribution is 0.380. The number of nitrogens with zero attached hydrogens (tertiary/aromatic N) is 2. The Morgan fingerprint density at radius 1 is 1.27 bits per heavy atom. The van der Waals surface area contributed by atoms with Gasteiger partial charge in [0.05, 0.1) is 6.54 Å². The smallest absolute Gasteiger partial charge is 0.240 e. The standard InChI is InChI=1S/C10H10FN3O/c11-5-7-1-3-8(4-2-7)10-13-9(6-12)15-14-10/h1-4H,5-6,12H2. The summed E-state index contributed by atoms with van der Waals surface area (Å²) in [5.41, 5.74) is 6.75. The summed E-state index contributed by atoms with van der Waals surface area (Å²) in [6.45, 7) is -0.254. The van der Waals surface area contributed by atoms with Gasteiger partial charge in [-0.05, 0) is 5.56 Å². The third-order valence-electron chi connectivity index (χ3n) is 2.01. The van der Waals surface area contributed by atoms with E-state index in [2.05, 4.69) is 10.1 Å². The van der Waals surface area contributed by atoms with Crippen LogP contribution in [-0.4, -0.2) is 10.1 Å². The second-order valence-corrected chi connectivity index (χ2v) is 3.05. The highest BCUT2D eigenvalue weighted by Gasteiger charge is 2.06. The van der Waals surface area contributed by atoms with Gasteiger partial charge in [-0.15, -0.1) is 0 Å². The summed E-state index contributed by atoms with van der Waals surface area (Å²) in [7, 11) is 0. The van der Waals surface area contributed by atoms with Gasteiger partial charge in [-0.1, -0.05) is 29.4 Å². The minimum atomic E-state index is -0.472. The summed E-state index contributed by atoms with van der Waals surface area (Å²) in [5, 5.41) is 3.75. The average Bonchev–Trinajstić information content (AvgIpc) is 2.78. The van der Waals surface area contributed by atoms with Crippen LogP contribution in [0.2, 0.25) is 0 Å². The predicted molar refractivity (Wildman–Crippen MR) is 52.4 cm³/mol. The number of halogens is 1. The molecule has 2 rings (SSSR count). The molecule has 0 aliphatic carbocycles. The van der Waals surface area contributed by atoms with E-state index in [-0.39, 0.29) is 6.54 Å². The summed E-state index contributed by atoms with van der Waals surface area (Å²) in [4.78, 5) is 4.06. The Morgan fingerprint density at radius 2 is 2.00 bits per heavy atom. The quantitative estimate of drug-likeness (QED) is 0.831. The maximum atomic E-state index is 12.3. The Hall–Kier alpha value is -1.75. The summed E-state index contributed by atoms with van der Waals surface area (Å²) in [6, 6.07) is 6.88. The summed E-state index contributed by atoms with van der Waals surface area (Å²) in [6.07, 6.45) is 0. The van der Waals surface area contributed by atoms with Gasteiger partial charge in [0, 0.05) is 5.56 Å². The molecule has 4 nitrogen and oxygen atoms in total. The Balaban J connectivity index is 2.28. The van der Waals surface area contributed by atoms with E-state index in [1.165, 1.54) is 0 Å². The normalized spacial score (nSPS) is 10.5. The lowest BCUT2D eigenvalue weighted by atomic mass is 10.1. The van der Waals surface area contributed by atoms with Crippen LogP contribution in [0.4, 0.5) is 4.39 Å². The van der Waals surface area contributed by atoms with Gasteiger partial charge < -0.3 is 10.3 Å². The highest BCUT2D eigenvalue weighted by Crippen LogP contribution is 2.16. The summed E-state index contributed by atoms with van der Waals surface area (Å²) in [5.74, 6) is 0.862. The molecule has 0 saturated heterocycles. The van der Waals surface area contributed by atoms with Crippen LogP contribution in [0.3, 0.4) is 0 Å². The van der Waals surface area contributed by atoms with Crippen molar-refractivity contribution < 1.29 is 8.91 Å². The van der Waals surface area contributed by atoms with Crippen LogP contribution in [0.25, 0.3) is 11.4 Å². The van der Waals surface area contributed by atoms with E-state index in [0.717, 1.165) is 5.56 Å². The zero-order chi connectivity index (χ0) is 10.7. The van der Waals surface area contributed by atoms with Gasteiger partial charge in [-0.25, -0.2) is 4.39 Å². The number of hydrogen-bond donors (Lipinski definition) is 1. The SMILES string of the molecule is NCc1nc(-c2ccc(CF)cc2)no1. The zero-order valence-electron chi connectivity index (χ0n) is 7.98. The Bertz CT molecular complexity index is 438. The van der Waals surface area contributed by atoms with Gasteiger partial charge in [0.2, 0.25) is 11.7 Å². The van der Waals surface area contributed by atoms with Gasteiger partial charge in [0.25, 0.3) is 0 Å².